The Bertz CT molecular complexity index is 408. The van der Waals surface area contributed by atoms with Gasteiger partial charge in [0.1, 0.15) is 0 Å². The first-order valence-corrected chi connectivity index (χ1v) is 4.16. The summed E-state index contributed by atoms with van der Waals surface area (Å²) >= 11 is 0. The zero-order chi connectivity index (χ0) is 10.2. The monoisotopic (exact) mass is 186 g/mol. The molecule has 0 unspecified atom stereocenters. The molecule has 0 amide bonds. The summed E-state index contributed by atoms with van der Waals surface area (Å²) in [6.45, 7) is 0.616. The summed E-state index contributed by atoms with van der Waals surface area (Å²) in [5.41, 5.74) is 9.63. The Morgan fingerprint density at radius 1 is 1.50 bits per heavy atom. The fraction of sp³-hybridized carbons (Fsp3) is 0.200. The van der Waals surface area contributed by atoms with Crippen molar-refractivity contribution in [1.82, 2.24) is 5.32 Å². The van der Waals surface area contributed by atoms with Crippen LogP contribution < -0.4 is 5.32 Å². The molecule has 0 saturated heterocycles. The van der Waals surface area contributed by atoms with Gasteiger partial charge < -0.3 is 5.32 Å². The Labute approximate surface area is 82.6 Å². The Balaban J connectivity index is 2.97. The number of azide groups is 1. The average Bonchev–Trinajstić information content (AvgIpc) is 2.21. The van der Waals surface area contributed by atoms with Crippen LogP contribution in [-0.2, 0) is 0 Å². The van der Waals surface area contributed by atoms with Gasteiger partial charge in [-0.3, -0.25) is 0 Å². The van der Waals surface area contributed by atoms with E-state index in [4.69, 9.17) is 5.53 Å². The van der Waals surface area contributed by atoms with Crippen molar-refractivity contribution in [2.75, 3.05) is 13.6 Å². The average molecular weight is 186 g/mol. The molecular formula is C10H10N4. The molecular weight excluding hydrogens is 176 g/mol. The van der Waals surface area contributed by atoms with Crippen molar-refractivity contribution in [3.63, 3.8) is 0 Å². The Morgan fingerprint density at radius 2 is 2.29 bits per heavy atom. The van der Waals surface area contributed by atoms with Crippen LogP contribution in [0.4, 0.5) is 5.69 Å². The lowest BCUT2D eigenvalue weighted by Gasteiger charge is -1.94. The van der Waals surface area contributed by atoms with Crippen LogP contribution in [0.15, 0.2) is 29.4 Å². The van der Waals surface area contributed by atoms with Crippen LogP contribution in [0.5, 0.6) is 0 Å². The highest BCUT2D eigenvalue weighted by Gasteiger charge is 1.93. The molecule has 1 rings (SSSR count). The summed E-state index contributed by atoms with van der Waals surface area (Å²) in [5.74, 6) is 5.83. The van der Waals surface area contributed by atoms with Crippen LogP contribution >= 0.6 is 0 Å². The molecule has 1 aromatic carbocycles. The third-order valence-corrected chi connectivity index (χ3v) is 1.54. The number of nitrogens with one attached hydrogen (secondary N) is 1. The van der Waals surface area contributed by atoms with E-state index in [1.165, 1.54) is 0 Å². The maximum absolute atomic E-state index is 8.31. The van der Waals surface area contributed by atoms with Gasteiger partial charge in [-0.15, -0.1) is 0 Å². The number of benzene rings is 1. The summed E-state index contributed by atoms with van der Waals surface area (Å²) in [5, 5.41) is 6.46. The lowest BCUT2D eigenvalue weighted by Crippen LogP contribution is -2.04. The van der Waals surface area contributed by atoms with E-state index in [-0.39, 0.29) is 0 Å². The molecule has 0 spiro atoms. The number of nitrogens with zero attached hydrogens (tertiary/aromatic N) is 3. The fourth-order valence-corrected chi connectivity index (χ4v) is 0.943. The fourth-order valence-electron chi connectivity index (χ4n) is 0.943. The first-order valence-electron chi connectivity index (χ1n) is 4.16. The molecule has 4 nitrogen and oxygen atoms in total. The second-order valence-corrected chi connectivity index (χ2v) is 2.54. The number of hydrogen-bond donors (Lipinski definition) is 1. The number of hydrogen-bond acceptors (Lipinski definition) is 2. The van der Waals surface area contributed by atoms with Gasteiger partial charge in [0.25, 0.3) is 0 Å². The van der Waals surface area contributed by atoms with Crippen molar-refractivity contribution < 1.29 is 0 Å². The molecule has 0 bridgehead atoms. The van der Waals surface area contributed by atoms with E-state index in [2.05, 4.69) is 27.2 Å². The van der Waals surface area contributed by atoms with Gasteiger partial charge in [-0.1, -0.05) is 35.2 Å². The largest absolute Gasteiger partial charge is 0.309 e. The van der Waals surface area contributed by atoms with Crippen LogP contribution in [0.25, 0.3) is 10.4 Å². The van der Waals surface area contributed by atoms with Gasteiger partial charge in [0.05, 0.1) is 12.2 Å². The molecule has 0 heterocycles. The Hall–Kier alpha value is -1.95. The van der Waals surface area contributed by atoms with Crippen molar-refractivity contribution >= 4 is 5.69 Å². The van der Waals surface area contributed by atoms with E-state index >= 15 is 0 Å². The van der Waals surface area contributed by atoms with Crippen molar-refractivity contribution in [3.05, 3.63) is 40.3 Å². The zero-order valence-electron chi connectivity index (χ0n) is 7.86. The van der Waals surface area contributed by atoms with Gasteiger partial charge in [0.2, 0.25) is 0 Å². The van der Waals surface area contributed by atoms with Gasteiger partial charge in [-0.25, -0.2) is 0 Å². The van der Waals surface area contributed by atoms with Gasteiger partial charge in [-0.05, 0) is 18.6 Å². The molecule has 1 N–H and O–H groups in total. The van der Waals surface area contributed by atoms with E-state index < -0.39 is 0 Å². The van der Waals surface area contributed by atoms with Gasteiger partial charge >= 0.3 is 0 Å². The van der Waals surface area contributed by atoms with Crippen molar-refractivity contribution in [2.45, 2.75) is 0 Å². The molecule has 0 atom stereocenters. The van der Waals surface area contributed by atoms with Gasteiger partial charge in [0, 0.05) is 10.5 Å². The van der Waals surface area contributed by atoms with E-state index in [9.17, 15) is 0 Å². The van der Waals surface area contributed by atoms with E-state index in [1.807, 2.05) is 25.2 Å². The van der Waals surface area contributed by atoms with Gasteiger partial charge in [0.15, 0.2) is 0 Å². The smallest absolute Gasteiger partial charge is 0.0577 e. The first kappa shape index (κ1) is 10.1. The topological polar surface area (TPSA) is 60.8 Å². The minimum Gasteiger partial charge on any atom is -0.309 e. The van der Waals surface area contributed by atoms with Crippen LogP contribution in [0, 0.1) is 11.8 Å². The molecule has 0 aliphatic heterocycles. The predicted molar refractivity (Wildman–Crippen MR) is 56.1 cm³/mol. The SMILES string of the molecule is CNCC#Cc1ccccc1N=[N+]=[N-]. The maximum atomic E-state index is 8.31. The predicted octanol–water partition coefficient (Wildman–Crippen LogP) is 2.20. The summed E-state index contributed by atoms with van der Waals surface area (Å²) in [7, 11) is 1.83. The van der Waals surface area contributed by atoms with Crippen LogP contribution in [-0.4, -0.2) is 13.6 Å². The van der Waals surface area contributed by atoms with Crippen molar-refractivity contribution in [3.8, 4) is 11.8 Å². The molecule has 0 aliphatic carbocycles. The van der Waals surface area contributed by atoms with Crippen LogP contribution in [0.1, 0.15) is 5.56 Å². The normalized spacial score (nSPS) is 8.36. The van der Waals surface area contributed by atoms with Crippen molar-refractivity contribution in [2.24, 2.45) is 5.11 Å². The molecule has 0 aliphatic rings. The molecule has 1 aromatic rings. The molecule has 4 heteroatoms. The summed E-state index contributed by atoms with van der Waals surface area (Å²) in [4.78, 5) is 2.74. The molecule has 14 heavy (non-hydrogen) atoms. The highest BCUT2D eigenvalue weighted by atomic mass is 15.1. The summed E-state index contributed by atoms with van der Waals surface area (Å²) in [6.07, 6.45) is 0. The molecule has 0 saturated carbocycles. The third-order valence-electron chi connectivity index (χ3n) is 1.54. The van der Waals surface area contributed by atoms with Crippen LogP contribution in [0.3, 0.4) is 0 Å². The molecule has 70 valence electrons. The van der Waals surface area contributed by atoms with E-state index in [1.54, 1.807) is 6.07 Å². The molecule has 0 fully saturated rings. The summed E-state index contributed by atoms with van der Waals surface area (Å²) in [6, 6.07) is 7.24. The second-order valence-electron chi connectivity index (χ2n) is 2.54. The second kappa shape index (κ2) is 5.65. The quantitative estimate of drug-likeness (QED) is 0.327. The highest BCUT2D eigenvalue weighted by Crippen LogP contribution is 2.17. The lowest BCUT2D eigenvalue weighted by molar-refractivity contribution is 0.938. The minimum atomic E-state index is 0.568. The highest BCUT2D eigenvalue weighted by molar-refractivity contribution is 5.54. The molecule has 0 aromatic heterocycles. The minimum absolute atomic E-state index is 0.568. The zero-order valence-corrected chi connectivity index (χ0v) is 7.86. The van der Waals surface area contributed by atoms with E-state index in [0.29, 0.717) is 12.2 Å². The lowest BCUT2D eigenvalue weighted by atomic mass is 10.2. The van der Waals surface area contributed by atoms with Crippen LogP contribution in [0.2, 0.25) is 0 Å². The van der Waals surface area contributed by atoms with E-state index in [0.717, 1.165) is 5.56 Å². The summed E-state index contributed by atoms with van der Waals surface area (Å²) < 4.78 is 0. The first-order chi connectivity index (χ1) is 6.88. The maximum Gasteiger partial charge on any atom is 0.0577 e. The Kier molecular flexibility index (Phi) is 4.09. The number of rotatable bonds is 2. The standard InChI is InChI=1S/C10H10N4/c1-12-8-4-6-9-5-2-3-7-10(9)13-14-11/h2-3,5,7,12H,8H2,1H3. The molecule has 0 radical (unpaired) electrons. The Morgan fingerprint density at radius 3 is 3.00 bits per heavy atom. The van der Waals surface area contributed by atoms with Gasteiger partial charge in [-0.2, -0.15) is 0 Å². The van der Waals surface area contributed by atoms with Crippen molar-refractivity contribution in [1.29, 1.82) is 0 Å². The third kappa shape index (κ3) is 2.83.